The number of benzene rings is 2. The standard InChI is InChI=1S/C23H21N7O2/c1-23(2,3)19-17(24-4)20(28-26-19)27-25-18-21(31)29(15-11-7-5-8-12-15)30(22(18)32)16-13-9-6-10-14-16/h5-14H,1-3H3,(H2,25,26,27,28,31,32)/p-2. The third-order valence-electron chi connectivity index (χ3n) is 4.74. The summed E-state index contributed by atoms with van der Waals surface area (Å²) < 4.78 is 2.50. The maximum atomic E-state index is 13.2. The summed E-state index contributed by atoms with van der Waals surface area (Å²) in [6.45, 7) is 13.2. The summed E-state index contributed by atoms with van der Waals surface area (Å²) in [5.41, 5.74) is 0.213. The largest absolute Gasteiger partial charge is 0.857 e. The van der Waals surface area contributed by atoms with Crippen molar-refractivity contribution in [2.45, 2.75) is 26.2 Å². The van der Waals surface area contributed by atoms with Gasteiger partial charge in [-0.15, -0.1) is 0 Å². The third kappa shape index (κ3) is 3.58. The Morgan fingerprint density at radius 2 is 1.53 bits per heavy atom. The summed E-state index contributed by atoms with van der Waals surface area (Å²) in [4.78, 5) is 16.7. The quantitative estimate of drug-likeness (QED) is 0.358. The van der Waals surface area contributed by atoms with Gasteiger partial charge in [0.15, 0.2) is 0 Å². The van der Waals surface area contributed by atoms with Crippen molar-refractivity contribution < 1.29 is 5.11 Å². The van der Waals surface area contributed by atoms with Crippen molar-refractivity contribution in [1.29, 1.82) is 0 Å². The molecule has 0 unspecified atom stereocenters. The Morgan fingerprint density at radius 1 is 0.969 bits per heavy atom. The summed E-state index contributed by atoms with van der Waals surface area (Å²) in [6, 6.07) is 17.6. The maximum absolute atomic E-state index is 13.2. The minimum atomic E-state index is -0.631. The van der Waals surface area contributed by atoms with E-state index < -0.39 is 16.9 Å². The minimum absolute atomic E-state index is 0.0255. The zero-order chi connectivity index (χ0) is 22.9. The second-order valence-electron chi connectivity index (χ2n) is 8.04. The molecule has 0 fully saturated rings. The highest BCUT2D eigenvalue weighted by Crippen LogP contribution is 2.37. The van der Waals surface area contributed by atoms with Crippen LogP contribution >= 0.6 is 0 Å². The van der Waals surface area contributed by atoms with Crippen molar-refractivity contribution in [3.63, 3.8) is 0 Å². The van der Waals surface area contributed by atoms with Crippen LogP contribution in [-0.2, 0) is 5.41 Å². The van der Waals surface area contributed by atoms with Gasteiger partial charge in [0, 0.05) is 5.88 Å². The fourth-order valence-corrected chi connectivity index (χ4v) is 3.23. The number of hydrogen-bond donors (Lipinski definition) is 0. The smallest absolute Gasteiger partial charge is 0.296 e. The van der Waals surface area contributed by atoms with Gasteiger partial charge < -0.3 is 15.3 Å². The van der Waals surface area contributed by atoms with E-state index in [2.05, 4.69) is 25.3 Å². The van der Waals surface area contributed by atoms with Crippen LogP contribution < -0.4 is 15.8 Å². The Morgan fingerprint density at radius 3 is 2.06 bits per heavy atom. The van der Waals surface area contributed by atoms with Crippen LogP contribution in [0.1, 0.15) is 26.5 Å². The summed E-state index contributed by atoms with van der Waals surface area (Å²) >= 11 is 0. The molecule has 0 aliphatic rings. The van der Waals surface area contributed by atoms with Gasteiger partial charge in [0.25, 0.3) is 5.56 Å². The van der Waals surface area contributed by atoms with E-state index in [0.717, 1.165) is 0 Å². The zero-order valence-corrected chi connectivity index (χ0v) is 17.7. The van der Waals surface area contributed by atoms with Crippen LogP contribution in [0.25, 0.3) is 16.2 Å². The van der Waals surface area contributed by atoms with Gasteiger partial charge in [-0.1, -0.05) is 57.2 Å². The lowest BCUT2D eigenvalue weighted by atomic mass is 9.91. The average molecular weight is 425 g/mol. The molecule has 9 heteroatoms. The van der Waals surface area contributed by atoms with Crippen molar-refractivity contribution in [3.05, 3.63) is 88.1 Å². The number of rotatable bonds is 4. The van der Waals surface area contributed by atoms with Gasteiger partial charge in [-0.05, 0) is 35.5 Å². The van der Waals surface area contributed by atoms with Gasteiger partial charge >= 0.3 is 0 Å². The van der Waals surface area contributed by atoms with E-state index in [9.17, 15) is 9.90 Å². The van der Waals surface area contributed by atoms with Gasteiger partial charge in [0.05, 0.1) is 23.6 Å². The summed E-state index contributed by atoms with van der Waals surface area (Å²) in [7, 11) is 0. The number of azo groups is 1. The zero-order valence-electron chi connectivity index (χ0n) is 17.7. The van der Waals surface area contributed by atoms with Gasteiger partial charge in [-0.2, -0.15) is 0 Å². The lowest BCUT2D eigenvalue weighted by Crippen LogP contribution is -2.20. The molecule has 0 N–H and O–H groups in total. The van der Waals surface area contributed by atoms with Crippen LogP contribution in [0, 0.1) is 6.57 Å². The predicted molar refractivity (Wildman–Crippen MR) is 118 cm³/mol. The molecule has 0 saturated heterocycles. The third-order valence-corrected chi connectivity index (χ3v) is 4.74. The molecule has 2 heterocycles. The first kappa shape index (κ1) is 20.8. The van der Waals surface area contributed by atoms with Crippen LogP contribution in [0.15, 0.2) is 75.7 Å². The van der Waals surface area contributed by atoms with E-state index in [1.807, 2.05) is 32.9 Å². The molecule has 32 heavy (non-hydrogen) atoms. The Bertz CT molecular complexity index is 1380. The highest BCUT2D eigenvalue weighted by Gasteiger charge is 2.21. The fourth-order valence-electron chi connectivity index (χ4n) is 3.23. The predicted octanol–water partition coefficient (Wildman–Crippen LogP) is 4.32. The molecule has 4 aromatic rings. The van der Waals surface area contributed by atoms with Crippen molar-refractivity contribution in [2.24, 2.45) is 10.2 Å². The summed E-state index contributed by atoms with van der Waals surface area (Å²) in [6.07, 6.45) is 0. The minimum Gasteiger partial charge on any atom is -0.857 e. The van der Waals surface area contributed by atoms with E-state index in [4.69, 9.17) is 6.57 Å². The molecule has 160 valence electrons. The number of aromatic nitrogens is 4. The highest BCUT2D eigenvalue weighted by molar-refractivity contribution is 5.66. The molecule has 2 aromatic carbocycles. The fraction of sp³-hybridized carbons (Fsp3) is 0.174. The van der Waals surface area contributed by atoms with Gasteiger partial charge in [0.2, 0.25) is 5.69 Å². The SMILES string of the molecule is [C-]#[N+]c1c(C(C)(C)C)n[n-]c1N=Nc1c([O-])n(-c2ccccc2)n(-c2ccccc2)c1=O. The van der Waals surface area contributed by atoms with Crippen molar-refractivity contribution in [3.8, 4) is 17.3 Å². The van der Waals surface area contributed by atoms with Gasteiger partial charge in [-0.3, -0.25) is 19.7 Å². The molecule has 0 saturated carbocycles. The Kier molecular flexibility index (Phi) is 5.20. The van der Waals surface area contributed by atoms with E-state index >= 15 is 0 Å². The van der Waals surface area contributed by atoms with Crippen molar-refractivity contribution >= 4 is 17.2 Å². The van der Waals surface area contributed by atoms with Crippen LogP contribution in [0.3, 0.4) is 0 Å². The second kappa shape index (κ2) is 8.00. The Balaban J connectivity index is 1.89. The van der Waals surface area contributed by atoms with Crippen molar-refractivity contribution in [2.75, 3.05) is 0 Å². The molecule has 0 aliphatic carbocycles. The first-order valence-corrected chi connectivity index (χ1v) is 9.82. The topological polar surface area (TPSA) is 106 Å². The summed E-state index contributed by atoms with van der Waals surface area (Å²) in [5.74, 6) is -0.656. The molecule has 0 bridgehead atoms. The molecule has 0 atom stereocenters. The Labute approximate surface area is 184 Å². The van der Waals surface area contributed by atoms with Crippen LogP contribution in [0.5, 0.6) is 5.88 Å². The first-order chi connectivity index (χ1) is 15.3. The number of nitrogens with zero attached hydrogens (tertiary/aromatic N) is 7. The maximum Gasteiger partial charge on any atom is 0.296 e. The van der Waals surface area contributed by atoms with Crippen LogP contribution in [-0.4, -0.2) is 14.5 Å². The van der Waals surface area contributed by atoms with Crippen molar-refractivity contribution in [1.82, 2.24) is 19.6 Å². The molecular weight excluding hydrogens is 406 g/mol. The molecule has 2 aromatic heterocycles. The molecular formula is C23H19N7O2-2. The van der Waals surface area contributed by atoms with Gasteiger partial charge in [0.1, 0.15) is 5.69 Å². The molecule has 4 rings (SSSR count). The monoisotopic (exact) mass is 425 g/mol. The molecule has 0 radical (unpaired) electrons. The molecule has 0 spiro atoms. The normalized spacial score (nSPS) is 11.7. The molecule has 9 nitrogen and oxygen atoms in total. The van der Waals surface area contributed by atoms with E-state index in [-0.39, 0.29) is 17.2 Å². The number of para-hydroxylation sites is 2. The highest BCUT2D eigenvalue weighted by atomic mass is 16.3. The van der Waals surface area contributed by atoms with E-state index in [1.165, 1.54) is 9.36 Å². The number of hydrogen-bond acceptors (Lipinski definition) is 5. The van der Waals surface area contributed by atoms with Crippen LogP contribution in [0.2, 0.25) is 0 Å². The Hall–Kier alpha value is -4.45. The second-order valence-corrected chi connectivity index (χ2v) is 8.04. The van der Waals surface area contributed by atoms with E-state index in [1.54, 1.807) is 48.5 Å². The molecule has 0 amide bonds. The first-order valence-electron chi connectivity index (χ1n) is 9.82. The van der Waals surface area contributed by atoms with E-state index in [0.29, 0.717) is 17.1 Å². The van der Waals surface area contributed by atoms with Gasteiger partial charge in [-0.25, -0.2) is 9.53 Å². The molecule has 0 aliphatic heterocycles. The lowest BCUT2D eigenvalue weighted by Gasteiger charge is -2.17. The summed E-state index contributed by atoms with van der Waals surface area (Å²) in [5, 5.41) is 29.1. The van der Waals surface area contributed by atoms with Crippen LogP contribution in [0.4, 0.5) is 17.2 Å². The lowest BCUT2D eigenvalue weighted by molar-refractivity contribution is -0.277. The average Bonchev–Trinajstić information content (AvgIpc) is 3.31.